The molecule has 1 unspecified atom stereocenters. The summed E-state index contributed by atoms with van der Waals surface area (Å²) in [5.41, 5.74) is 1.20. The highest BCUT2D eigenvalue weighted by atomic mass is 16.2. The van der Waals surface area contributed by atoms with Crippen LogP contribution < -0.4 is 0 Å². The Kier molecular flexibility index (Phi) is 4.00. The fourth-order valence-corrected chi connectivity index (χ4v) is 1.21. The maximum Gasteiger partial charge on any atom is 0.0612 e. The van der Waals surface area contributed by atoms with E-state index in [2.05, 4.69) is 6.58 Å². The van der Waals surface area contributed by atoms with Crippen molar-refractivity contribution in [1.29, 1.82) is 0 Å². The second-order valence-electron chi connectivity index (χ2n) is 2.78. The van der Waals surface area contributed by atoms with Gasteiger partial charge in [-0.1, -0.05) is 48.6 Å². The molecule has 0 aliphatic rings. The van der Waals surface area contributed by atoms with Gasteiger partial charge in [0.05, 0.1) is 6.61 Å². The topological polar surface area (TPSA) is 20.2 Å². The van der Waals surface area contributed by atoms with Crippen molar-refractivity contribution in [2.45, 2.75) is 5.92 Å². The normalized spacial score (nSPS) is 13.0. The molecule has 1 aromatic carbocycles. The number of hydrogen-bond acceptors (Lipinski definition) is 1. The average molecular weight is 174 g/mol. The van der Waals surface area contributed by atoms with E-state index >= 15 is 0 Å². The first-order valence-corrected chi connectivity index (χ1v) is 4.33. The van der Waals surface area contributed by atoms with Crippen molar-refractivity contribution in [3.63, 3.8) is 0 Å². The van der Waals surface area contributed by atoms with Crippen molar-refractivity contribution in [2.75, 3.05) is 6.61 Å². The van der Waals surface area contributed by atoms with Crippen LogP contribution in [0.1, 0.15) is 11.5 Å². The van der Waals surface area contributed by atoms with E-state index in [9.17, 15) is 0 Å². The van der Waals surface area contributed by atoms with E-state index in [1.54, 1.807) is 6.08 Å². The zero-order valence-corrected chi connectivity index (χ0v) is 7.56. The van der Waals surface area contributed by atoms with Gasteiger partial charge in [-0.3, -0.25) is 0 Å². The van der Waals surface area contributed by atoms with Crippen LogP contribution in [0.4, 0.5) is 0 Å². The molecule has 0 amide bonds. The van der Waals surface area contributed by atoms with E-state index in [1.165, 1.54) is 5.56 Å². The zero-order chi connectivity index (χ0) is 9.52. The molecule has 1 atom stereocenters. The number of allylic oxidation sites excluding steroid dienone is 2. The molecule has 0 saturated heterocycles. The zero-order valence-electron chi connectivity index (χ0n) is 7.56. The van der Waals surface area contributed by atoms with Crippen LogP contribution in [0.3, 0.4) is 0 Å². The van der Waals surface area contributed by atoms with Gasteiger partial charge in [0.25, 0.3) is 0 Å². The summed E-state index contributed by atoms with van der Waals surface area (Å²) < 4.78 is 0. The van der Waals surface area contributed by atoms with Gasteiger partial charge in [0.15, 0.2) is 0 Å². The Balaban J connectivity index is 2.78. The maximum absolute atomic E-state index is 8.64. The van der Waals surface area contributed by atoms with E-state index in [0.717, 1.165) is 0 Å². The van der Waals surface area contributed by atoms with E-state index in [1.807, 2.05) is 42.5 Å². The lowest BCUT2D eigenvalue weighted by Gasteiger charge is -2.06. The molecule has 1 nitrogen and oxygen atoms in total. The van der Waals surface area contributed by atoms with Gasteiger partial charge >= 0.3 is 0 Å². The Morgan fingerprint density at radius 1 is 1.31 bits per heavy atom. The van der Waals surface area contributed by atoms with Crippen LogP contribution in [-0.2, 0) is 0 Å². The summed E-state index contributed by atoms with van der Waals surface area (Å²) in [6.07, 6.45) is 5.54. The molecule has 0 saturated carbocycles. The minimum atomic E-state index is 0.0805. The molecule has 1 N–H and O–H groups in total. The number of rotatable bonds is 4. The van der Waals surface area contributed by atoms with Gasteiger partial charge in [0.2, 0.25) is 0 Å². The van der Waals surface area contributed by atoms with Crippen LogP contribution in [0.25, 0.3) is 0 Å². The van der Waals surface area contributed by atoms with Gasteiger partial charge < -0.3 is 5.11 Å². The molecule has 0 aromatic heterocycles. The highest BCUT2D eigenvalue weighted by molar-refractivity contribution is 5.27. The summed E-state index contributed by atoms with van der Waals surface area (Å²) in [5, 5.41) is 8.64. The molecule has 0 fully saturated rings. The highest BCUT2D eigenvalue weighted by Gasteiger charge is 2.00. The minimum Gasteiger partial charge on any atom is -0.392 e. The third-order valence-electron chi connectivity index (χ3n) is 1.89. The standard InChI is InChI=1S/C12H14O/c1-2-11(9-6-10-13)12-7-4-3-5-8-12/h2-9,11,13H,1,10H2/b9-6+. The summed E-state index contributed by atoms with van der Waals surface area (Å²) in [4.78, 5) is 0. The molecule has 0 radical (unpaired) electrons. The lowest BCUT2D eigenvalue weighted by atomic mass is 9.99. The van der Waals surface area contributed by atoms with Gasteiger partial charge in [-0.15, -0.1) is 6.58 Å². The number of aliphatic hydroxyl groups excluding tert-OH is 1. The molecule has 0 spiro atoms. The van der Waals surface area contributed by atoms with E-state index in [0.29, 0.717) is 0 Å². The monoisotopic (exact) mass is 174 g/mol. The Hall–Kier alpha value is -1.34. The van der Waals surface area contributed by atoms with Crippen LogP contribution in [0.2, 0.25) is 0 Å². The molecule has 1 heteroatoms. The molecular formula is C12H14O. The van der Waals surface area contributed by atoms with Crippen molar-refractivity contribution < 1.29 is 5.11 Å². The average Bonchev–Trinajstić information content (AvgIpc) is 2.21. The Bertz CT molecular complexity index is 274. The van der Waals surface area contributed by atoms with Crippen LogP contribution in [0.15, 0.2) is 55.1 Å². The second kappa shape index (κ2) is 5.33. The molecule has 1 aromatic rings. The van der Waals surface area contributed by atoms with Crippen LogP contribution in [0.5, 0.6) is 0 Å². The molecule has 1 rings (SSSR count). The fraction of sp³-hybridized carbons (Fsp3) is 0.167. The fourth-order valence-electron chi connectivity index (χ4n) is 1.21. The Morgan fingerprint density at radius 3 is 2.54 bits per heavy atom. The van der Waals surface area contributed by atoms with Crippen molar-refractivity contribution in [3.8, 4) is 0 Å². The Morgan fingerprint density at radius 2 is 2.00 bits per heavy atom. The summed E-state index contributed by atoms with van der Waals surface area (Å²) in [7, 11) is 0. The van der Waals surface area contributed by atoms with E-state index < -0.39 is 0 Å². The second-order valence-corrected chi connectivity index (χ2v) is 2.78. The number of aliphatic hydroxyl groups is 1. The van der Waals surface area contributed by atoms with Crippen LogP contribution in [0, 0.1) is 0 Å². The summed E-state index contributed by atoms with van der Waals surface area (Å²) in [6.45, 7) is 3.84. The number of benzene rings is 1. The third kappa shape index (κ3) is 2.88. The van der Waals surface area contributed by atoms with Gasteiger partial charge in [-0.25, -0.2) is 0 Å². The van der Waals surface area contributed by atoms with Gasteiger partial charge in [0.1, 0.15) is 0 Å². The van der Waals surface area contributed by atoms with E-state index in [4.69, 9.17) is 5.11 Å². The van der Waals surface area contributed by atoms with Crippen molar-refractivity contribution in [2.24, 2.45) is 0 Å². The third-order valence-corrected chi connectivity index (χ3v) is 1.89. The molecule has 0 heterocycles. The SMILES string of the molecule is C=CC(/C=C/CO)c1ccccc1. The smallest absolute Gasteiger partial charge is 0.0612 e. The quantitative estimate of drug-likeness (QED) is 0.695. The lowest BCUT2D eigenvalue weighted by molar-refractivity contribution is 0.342. The van der Waals surface area contributed by atoms with Crippen LogP contribution in [-0.4, -0.2) is 11.7 Å². The summed E-state index contributed by atoms with van der Waals surface area (Å²) in [5.74, 6) is 0.202. The Labute approximate surface area is 79.0 Å². The highest BCUT2D eigenvalue weighted by Crippen LogP contribution is 2.17. The predicted molar refractivity (Wildman–Crippen MR) is 55.6 cm³/mol. The maximum atomic E-state index is 8.64. The first kappa shape index (κ1) is 9.75. The van der Waals surface area contributed by atoms with Gasteiger partial charge in [0, 0.05) is 5.92 Å². The lowest BCUT2D eigenvalue weighted by Crippen LogP contribution is -1.90. The van der Waals surface area contributed by atoms with Gasteiger partial charge in [-0.05, 0) is 5.56 Å². The summed E-state index contributed by atoms with van der Waals surface area (Å²) in [6, 6.07) is 10.1. The predicted octanol–water partition coefficient (Wildman–Crippen LogP) is 2.50. The van der Waals surface area contributed by atoms with Gasteiger partial charge in [-0.2, -0.15) is 0 Å². The first-order valence-electron chi connectivity index (χ1n) is 4.33. The summed E-state index contributed by atoms with van der Waals surface area (Å²) >= 11 is 0. The number of hydrogen-bond donors (Lipinski definition) is 1. The molecule has 0 aliphatic carbocycles. The van der Waals surface area contributed by atoms with Crippen molar-refractivity contribution >= 4 is 0 Å². The van der Waals surface area contributed by atoms with E-state index in [-0.39, 0.29) is 12.5 Å². The minimum absolute atomic E-state index is 0.0805. The molecule has 0 bridgehead atoms. The first-order chi connectivity index (χ1) is 6.38. The largest absolute Gasteiger partial charge is 0.392 e. The molecule has 13 heavy (non-hydrogen) atoms. The molecule has 68 valence electrons. The van der Waals surface area contributed by atoms with Crippen LogP contribution >= 0.6 is 0 Å². The molecular weight excluding hydrogens is 160 g/mol. The molecule has 0 aliphatic heterocycles. The van der Waals surface area contributed by atoms with Crippen molar-refractivity contribution in [1.82, 2.24) is 0 Å². The van der Waals surface area contributed by atoms with Crippen molar-refractivity contribution in [3.05, 3.63) is 60.7 Å².